The predicted octanol–water partition coefficient (Wildman–Crippen LogP) is 2.91. The lowest BCUT2D eigenvalue weighted by atomic mass is 9.79. The zero-order valence-electron chi connectivity index (χ0n) is 33.2. The van der Waals surface area contributed by atoms with Crippen LogP contribution in [0.3, 0.4) is 0 Å². The van der Waals surface area contributed by atoms with Gasteiger partial charge in [-0.3, -0.25) is 4.79 Å². The van der Waals surface area contributed by atoms with Crippen LogP contribution in [0.2, 0.25) is 0 Å². The Bertz CT molecular complexity index is 2400. The van der Waals surface area contributed by atoms with Gasteiger partial charge in [0, 0.05) is 47.4 Å². The van der Waals surface area contributed by atoms with E-state index in [0.717, 1.165) is 5.56 Å². The maximum Gasteiger partial charge on any atom is 0.297 e. The number of carbonyl (C=O) groups is 1. The van der Waals surface area contributed by atoms with Crippen molar-refractivity contribution in [3.05, 3.63) is 35.9 Å². The van der Waals surface area contributed by atoms with Crippen molar-refractivity contribution in [1.82, 2.24) is 5.32 Å². The molecule has 1 aromatic rings. The van der Waals surface area contributed by atoms with Crippen LogP contribution in [0.25, 0.3) is 0 Å². The normalized spacial score (nSPS) is 21.6. The van der Waals surface area contributed by atoms with Crippen LogP contribution in [0.4, 0.5) is 0 Å². The molecule has 2 aliphatic rings. The van der Waals surface area contributed by atoms with Crippen molar-refractivity contribution in [2.24, 2.45) is 17.8 Å². The van der Waals surface area contributed by atoms with Gasteiger partial charge in [-0.05, 0) is 133 Å². The van der Waals surface area contributed by atoms with Crippen LogP contribution in [-0.2, 0) is 35.1 Å². The third-order valence-electron chi connectivity index (χ3n) is 8.55. The minimum Gasteiger partial charge on any atom is -0.394 e. The van der Waals surface area contributed by atoms with Crippen molar-refractivity contribution in [3.63, 3.8) is 0 Å². The minimum atomic E-state index is -0.989. The number of hydrogen-bond acceptors (Lipinski definition) is 7. The van der Waals surface area contributed by atoms with Crippen molar-refractivity contribution in [2.75, 3.05) is 19.8 Å². The van der Waals surface area contributed by atoms with Crippen molar-refractivity contribution >= 4 is 5.91 Å². The summed E-state index contributed by atoms with van der Waals surface area (Å²) < 4.78 is 30.8. The van der Waals surface area contributed by atoms with Gasteiger partial charge < -0.3 is 34.1 Å². The molecule has 0 saturated carbocycles. The molecule has 0 bridgehead atoms. The summed E-state index contributed by atoms with van der Waals surface area (Å²) in [6.07, 6.45) is -2.21. The lowest BCUT2D eigenvalue weighted by Gasteiger charge is -2.43. The number of rotatable bonds is 10. The first-order chi connectivity index (χ1) is 28.1. The van der Waals surface area contributed by atoms with Crippen LogP contribution in [0.5, 0.6) is 0 Å². The Hall–Kier alpha value is -6.83. The zero-order chi connectivity index (χ0) is 41.9. The van der Waals surface area contributed by atoms with Gasteiger partial charge in [0.1, 0.15) is 12.2 Å². The fourth-order valence-electron chi connectivity index (χ4n) is 5.48. The van der Waals surface area contributed by atoms with E-state index in [4.69, 9.17) is 23.7 Å². The molecule has 2 aliphatic heterocycles. The van der Waals surface area contributed by atoms with Crippen molar-refractivity contribution in [2.45, 2.75) is 84.6 Å². The highest BCUT2D eigenvalue weighted by Crippen LogP contribution is 2.36. The molecule has 58 heavy (non-hydrogen) atoms. The molecule has 8 nitrogen and oxygen atoms in total. The molecule has 5 unspecified atom stereocenters. The molecular formula is C50H41NO7. The van der Waals surface area contributed by atoms with Crippen LogP contribution >= 0.6 is 0 Å². The number of ether oxygens (including phenoxy) is 5. The molecule has 2 N–H and O–H groups in total. The Balaban J connectivity index is 1.56. The highest BCUT2D eigenvalue weighted by atomic mass is 16.8. The summed E-state index contributed by atoms with van der Waals surface area (Å²) in [4.78, 5) is 13.0. The van der Waals surface area contributed by atoms with Crippen molar-refractivity contribution < 1.29 is 33.6 Å². The smallest absolute Gasteiger partial charge is 0.297 e. The number of carbonyl (C=O) groups excluding carboxylic acids is 1. The Kier molecular flexibility index (Phi) is 20.5. The number of aliphatic hydroxyl groups excluding tert-OH is 1. The van der Waals surface area contributed by atoms with Crippen LogP contribution in [0, 0.1) is 160 Å². The summed E-state index contributed by atoms with van der Waals surface area (Å²) in [7, 11) is 0. The summed E-state index contributed by atoms with van der Waals surface area (Å²) in [5.74, 6) is 59.4. The third-order valence-corrected chi connectivity index (χ3v) is 8.55. The Morgan fingerprint density at radius 1 is 0.707 bits per heavy atom. The van der Waals surface area contributed by atoms with Gasteiger partial charge in [-0.15, -0.1) is 0 Å². The molecule has 2 saturated heterocycles. The molecule has 1 amide bonds. The van der Waals surface area contributed by atoms with E-state index in [2.05, 4.69) is 168 Å². The topological polar surface area (TPSA) is 95.5 Å². The second kappa shape index (κ2) is 26.1. The molecule has 2 heterocycles. The van der Waals surface area contributed by atoms with E-state index in [1.165, 1.54) is 0 Å². The average molecular weight is 768 g/mol. The molecule has 0 aromatic heterocycles. The van der Waals surface area contributed by atoms with E-state index in [0.29, 0.717) is 13.2 Å². The standard InChI is InChI=1S/C50H41NO7/c1-7-8-9-10-11-12-13-14-15-16-17-18-19-20-21-22-23-24-25-26-27-28-32-35-47(53)51-44(48-45(36-52)57-50(5,6)58-48)38-55-49-42(4)40(2)41(3)46(56-49)39-54-37-43-33-30-29-31-34-43/h29-31,33-34,40-42,44-46,48-49,52H,36-39H2,1-6H3,(H,51,53)/t40?,41?,42?,44-,45+,46?,48-,49?/m0/s1. The Morgan fingerprint density at radius 2 is 1.21 bits per heavy atom. The summed E-state index contributed by atoms with van der Waals surface area (Å²) in [5, 5.41) is 12.9. The quantitative estimate of drug-likeness (QED) is 0.354. The number of hydrogen-bond donors (Lipinski definition) is 2. The van der Waals surface area contributed by atoms with Crippen molar-refractivity contribution in [3.8, 4) is 142 Å². The third kappa shape index (κ3) is 17.3. The van der Waals surface area contributed by atoms with Gasteiger partial charge in [-0.1, -0.05) is 57.0 Å². The second-order valence-corrected chi connectivity index (χ2v) is 13.0. The van der Waals surface area contributed by atoms with E-state index in [-0.39, 0.29) is 37.1 Å². The lowest BCUT2D eigenvalue weighted by Crippen LogP contribution is -2.53. The number of nitrogens with one attached hydrogen (secondary N) is 1. The van der Waals surface area contributed by atoms with E-state index in [1.807, 2.05) is 30.3 Å². The van der Waals surface area contributed by atoms with Crippen LogP contribution in [0.15, 0.2) is 30.3 Å². The van der Waals surface area contributed by atoms with E-state index >= 15 is 0 Å². The summed E-state index contributed by atoms with van der Waals surface area (Å²) in [6, 6.07) is 9.22. The predicted molar refractivity (Wildman–Crippen MR) is 220 cm³/mol. The summed E-state index contributed by atoms with van der Waals surface area (Å²) in [5.41, 5.74) is 1.08. The molecule has 0 radical (unpaired) electrons. The van der Waals surface area contributed by atoms with Crippen molar-refractivity contribution in [1.29, 1.82) is 0 Å². The van der Waals surface area contributed by atoms with Gasteiger partial charge in [0.05, 0.1) is 38.6 Å². The van der Waals surface area contributed by atoms with Gasteiger partial charge in [0.2, 0.25) is 0 Å². The van der Waals surface area contributed by atoms with E-state index in [1.54, 1.807) is 20.8 Å². The van der Waals surface area contributed by atoms with Gasteiger partial charge >= 0.3 is 0 Å². The first-order valence-electron chi connectivity index (χ1n) is 18.2. The van der Waals surface area contributed by atoms with Crippen LogP contribution in [0.1, 0.15) is 47.1 Å². The highest BCUT2D eigenvalue weighted by Gasteiger charge is 2.46. The molecule has 0 aliphatic carbocycles. The minimum absolute atomic E-state index is 0.00766. The average Bonchev–Trinajstić information content (AvgIpc) is 3.54. The molecular weight excluding hydrogens is 727 g/mol. The molecule has 8 atom stereocenters. The SMILES string of the molecule is CC#CC#CC#CC#CC#CC#CC#CC#CC#CC#CC#CC#CC(=O)N[C@@H](COC1OC(COCc2ccccc2)C(C)C(C)C1C)[C@@H]1OC(C)(C)O[C@@H]1CO. The second-order valence-electron chi connectivity index (χ2n) is 13.0. The van der Waals surface area contributed by atoms with Gasteiger partial charge in [-0.25, -0.2) is 0 Å². The van der Waals surface area contributed by atoms with Crippen LogP contribution < -0.4 is 5.32 Å². The lowest BCUT2D eigenvalue weighted by molar-refractivity contribution is -0.260. The largest absolute Gasteiger partial charge is 0.394 e. The number of aliphatic hydroxyl groups is 1. The first kappa shape index (κ1) is 45.6. The molecule has 8 heteroatoms. The highest BCUT2D eigenvalue weighted by molar-refractivity contribution is 5.94. The van der Waals surface area contributed by atoms with E-state index in [9.17, 15) is 9.90 Å². The Morgan fingerprint density at radius 3 is 1.71 bits per heavy atom. The maximum absolute atomic E-state index is 13.0. The fraction of sp³-hybridized carbons (Fsp3) is 0.380. The maximum atomic E-state index is 13.0. The summed E-state index contributed by atoms with van der Waals surface area (Å²) >= 11 is 0. The first-order valence-corrected chi connectivity index (χ1v) is 18.2. The fourth-order valence-corrected chi connectivity index (χ4v) is 5.48. The summed E-state index contributed by atoms with van der Waals surface area (Å²) in [6.45, 7) is 12.1. The molecule has 1 aromatic carbocycles. The van der Waals surface area contributed by atoms with E-state index < -0.39 is 36.2 Å². The molecule has 288 valence electrons. The molecule has 0 spiro atoms. The van der Waals surface area contributed by atoms with Gasteiger partial charge in [0.15, 0.2) is 12.1 Å². The Labute approximate surface area is 344 Å². The number of amides is 1. The molecule has 2 fully saturated rings. The van der Waals surface area contributed by atoms with Crippen LogP contribution in [-0.4, -0.2) is 67.3 Å². The molecule has 3 rings (SSSR count). The zero-order valence-corrected chi connectivity index (χ0v) is 33.2. The number of benzene rings is 1. The van der Waals surface area contributed by atoms with Gasteiger partial charge in [-0.2, -0.15) is 0 Å². The van der Waals surface area contributed by atoms with Gasteiger partial charge in [0.25, 0.3) is 5.91 Å². The monoisotopic (exact) mass is 767 g/mol.